The molecule has 0 amide bonds. The molecule has 1 atom stereocenters. The summed E-state index contributed by atoms with van der Waals surface area (Å²) in [5.41, 5.74) is 0.828. The highest BCUT2D eigenvalue weighted by atomic mass is 16.6. The van der Waals surface area contributed by atoms with E-state index in [0.29, 0.717) is 0 Å². The summed E-state index contributed by atoms with van der Waals surface area (Å²) >= 11 is 0. The van der Waals surface area contributed by atoms with Crippen LogP contribution >= 0.6 is 0 Å². The fraction of sp³-hybridized carbons (Fsp3) is 0.647. The summed E-state index contributed by atoms with van der Waals surface area (Å²) in [6.07, 6.45) is 0.996. The molecule has 1 saturated heterocycles. The molecule has 0 spiro atoms. The Morgan fingerprint density at radius 1 is 1.25 bits per heavy atom. The molecule has 1 fully saturated rings. The number of ether oxygens (including phenoxy) is 2. The van der Waals surface area contributed by atoms with Crippen LogP contribution in [0, 0.1) is 0 Å². The first-order valence-corrected chi connectivity index (χ1v) is 7.49. The lowest BCUT2D eigenvalue weighted by molar-refractivity contribution is -0.0846. The number of para-hydroxylation sites is 1. The maximum absolute atomic E-state index is 6.29. The van der Waals surface area contributed by atoms with Crippen LogP contribution in [-0.2, 0) is 11.3 Å². The van der Waals surface area contributed by atoms with Crippen LogP contribution in [-0.4, -0.2) is 23.9 Å². The zero-order valence-corrected chi connectivity index (χ0v) is 13.3. The topological polar surface area (TPSA) is 30.5 Å². The van der Waals surface area contributed by atoms with Crippen molar-refractivity contribution < 1.29 is 9.47 Å². The highest BCUT2D eigenvalue weighted by molar-refractivity contribution is 5.33. The van der Waals surface area contributed by atoms with Gasteiger partial charge in [-0.1, -0.05) is 25.1 Å². The predicted molar refractivity (Wildman–Crippen MR) is 82.1 cm³/mol. The van der Waals surface area contributed by atoms with Crippen molar-refractivity contribution in [2.75, 3.05) is 6.54 Å². The highest BCUT2D eigenvalue weighted by Gasteiger charge is 2.47. The number of hydrogen-bond donors (Lipinski definition) is 1. The molecule has 0 aromatic heterocycles. The van der Waals surface area contributed by atoms with Gasteiger partial charge in [0.2, 0.25) is 0 Å². The Hall–Kier alpha value is -1.06. The van der Waals surface area contributed by atoms with Gasteiger partial charge in [0, 0.05) is 18.5 Å². The van der Waals surface area contributed by atoms with Crippen LogP contribution in [0.15, 0.2) is 24.3 Å². The van der Waals surface area contributed by atoms with Crippen LogP contribution in [0.3, 0.4) is 0 Å². The summed E-state index contributed by atoms with van der Waals surface area (Å²) in [7, 11) is 0. The van der Waals surface area contributed by atoms with Crippen molar-refractivity contribution >= 4 is 0 Å². The van der Waals surface area contributed by atoms with Gasteiger partial charge in [0.15, 0.2) is 0 Å². The van der Waals surface area contributed by atoms with Crippen molar-refractivity contribution in [2.24, 2.45) is 0 Å². The second-order valence-corrected chi connectivity index (χ2v) is 6.66. The van der Waals surface area contributed by atoms with E-state index in [1.807, 2.05) is 12.1 Å². The minimum atomic E-state index is -0.255. The van der Waals surface area contributed by atoms with Gasteiger partial charge in [-0.05, 0) is 40.3 Å². The summed E-state index contributed by atoms with van der Waals surface area (Å²) < 4.78 is 12.4. The van der Waals surface area contributed by atoms with Crippen molar-refractivity contribution in [3.8, 4) is 5.75 Å². The zero-order valence-electron chi connectivity index (χ0n) is 13.3. The fourth-order valence-electron chi connectivity index (χ4n) is 2.87. The normalized spacial score (nSPS) is 23.8. The van der Waals surface area contributed by atoms with Crippen LogP contribution in [0.25, 0.3) is 0 Å². The predicted octanol–water partition coefficient (Wildman–Crippen LogP) is 3.52. The molecule has 1 aliphatic heterocycles. The van der Waals surface area contributed by atoms with E-state index < -0.39 is 0 Å². The van der Waals surface area contributed by atoms with Crippen LogP contribution in [0.2, 0.25) is 0 Å². The van der Waals surface area contributed by atoms with E-state index >= 15 is 0 Å². The first-order chi connectivity index (χ1) is 9.34. The quantitative estimate of drug-likeness (QED) is 0.893. The Balaban J connectivity index is 2.14. The Morgan fingerprint density at radius 2 is 1.95 bits per heavy atom. The summed E-state index contributed by atoms with van der Waals surface area (Å²) in [6.45, 7) is 12.4. The minimum absolute atomic E-state index is 0.0836. The van der Waals surface area contributed by atoms with Crippen molar-refractivity contribution in [1.29, 1.82) is 0 Å². The average molecular weight is 277 g/mol. The molecule has 1 heterocycles. The van der Waals surface area contributed by atoms with E-state index in [-0.39, 0.29) is 17.3 Å². The molecule has 0 saturated carbocycles. The van der Waals surface area contributed by atoms with Gasteiger partial charge in [-0.25, -0.2) is 0 Å². The second-order valence-electron chi connectivity index (χ2n) is 6.66. The van der Waals surface area contributed by atoms with Crippen LogP contribution in [0.5, 0.6) is 5.75 Å². The van der Waals surface area contributed by atoms with Crippen molar-refractivity contribution in [3.63, 3.8) is 0 Å². The van der Waals surface area contributed by atoms with Crippen molar-refractivity contribution in [3.05, 3.63) is 29.8 Å². The zero-order chi connectivity index (χ0) is 14.8. The van der Waals surface area contributed by atoms with Crippen LogP contribution in [0.1, 0.15) is 46.6 Å². The van der Waals surface area contributed by atoms with Crippen LogP contribution < -0.4 is 10.1 Å². The molecule has 3 nitrogen and oxygen atoms in total. The Morgan fingerprint density at radius 3 is 2.55 bits per heavy atom. The molecule has 1 aliphatic rings. The van der Waals surface area contributed by atoms with Gasteiger partial charge in [0.1, 0.15) is 17.5 Å². The van der Waals surface area contributed by atoms with E-state index in [2.05, 4.69) is 52.1 Å². The monoisotopic (exact) mass is 277 g/mol. The Kier molecular flexibility index (Phi) is 4.40. The molecular formula is C17H27NO2. The van der Waals surface area contributed by atoms with Gasteiger partial charge in [-0.2, -0.15) is 0 Å². The number of nitrogens with one attached hydrogen (secondary N) is 1. The van der Waals surface area contributed by atoms with Gasteiger partial charge in [0.05, 0.1) is 5.60 Å². The third kappa shape index (κ3) is 3.53. The van der Waals surface area contributed by atoms with Gasteiger partial charge in [0.25, 0.3) is 0 Å². The molecule has 1 N–H and O–H groups in total. The van der Waals surface area contributed by atoms with E-state index in [9.17, 15) is 0 Å². The summed E-state index contributed by atoms with van der Waals surface area (Å²) in [5.74, 6) is 0.966. The van der Waals surface area contributed by atoms with Crippen LogP contribution in [0.4, 0.5) is 0 Å². The van der Waals surface area contributed by atoms with Gasteiger partial charge >= 0.3 is 0 Å². The number of benzene rings is 1. The second kappa shape index (κ2) is 5.74. The maximum atomic E-state index is 6.29. The molecule has 0 bridgehead atoms. The van der Waals surface area contributed by atoms with E-state index in [1.54, 1.807) is 0 Å². The third-order valence-electron chi connectivity index (χ3n) is 3.80. The SMILES string of the molecule is CCNCc1ccccc1OC1CC(C)(C)OC1(C)C. The van der Waals surface area contributed by atoms with Gasteiger partial charge in [-0.15, -0.1) is 0 Å². The molecule has 1 aromatic rings. The molecule has 1 unspecified atom stereocenters. The molecular weight excluding hydrogens is 250 g/mol. The van der Waals surface area contributed by atoms with Crippen molar-refractivity contribution in [1.82, 2.24) is 5.32 Å². The standard InChI is InChI=1S/C17H27NO2/c1-6-18-12-13-9-7-8-10-14(13)19-15-11-16(2,3)20-17(15,4)5/h7-10,15,18H,6,11-12H2,1-5H3. The first-order valence-electron chi connectivity index (χ1n) is 7.49. The fourth-order valence-corrected chi connectivity index (χ4v) is 2.87. The summed E-state index contributed by atoms with van der Waals surface area (Å²) in [6, 6.07) is 8.25. The lowest BCUT2D eigenvalue weighted by Gasteiger charge is -2.28. The van der Waals surface area contributed by atoms with E-state index in [1.165, 1.54) is 5.56 Å². The van der Waals surface area contributed by atoms with Gasteiger partial charge < -0.3 is 14.8 Å². The smallest absolute Gasteiger partial charge is 0.130 e. The molecule has 2 rings (SSSR count). The number of rotatable bonds is 5. The average Bonchev–Trinajstić information content (AvgIpc) is 2.56. The number of hydrogen-bond acceptors (Lipinski definition) is 3. The summed E-state index contributed by atoms with van der Waals surface area (Å²) in [5, 5.41) is 3.36. The van der Waals surface area contributed by atoms with Gasteiger partial charge in [-0.3, -0.25) is 0 Å². The molecule has 3 heteroatoms. The third-order valence-corrected chi connectivity index (χ3v) is 3.80. The molecule has 0 aliphatic carbocycles. The Labute approximate surface area is 122 Å². The van der Waals surface area contributed by atoms with E-state index in [4.69, 9.17) is 9.47 Å². The minimum Gasteiger partial charge on any atom is -0.487 e. The van der Waals surface area contributed by atoms with E-state index in [0.717, 1.165) is 25.3 Å². The molecule has 112 valence electrons. The highest BCUT2D eigenvalue weighted by Crippen LogP contribution is 2.39. The largest absolute Gasteiger partial charge is 0.487 e. The van der Waals surface area contributed by atoms with Crippen molar-refractivity contribution in [2.45, 2.75) is 64.9 Å². The molecule has 20 heavy (non-hydrogen) atoms. The Bertz CT molecular complexity index is 454. The lowest BCUT2D eigenvalue weighted by atomic mass is 9.97. The first kappa shape index (κ1) is 15.3. The maximum Gasteiger partial charge on any atom is 0.130 e. The molecule has 1 aromatic carbocycles. The summed E-state index contributed by atoms with van der Waals surface area (Å²) in [4.78, 5) is 0. The molecule has 0 radical (unpaired) electrons. The lowest BCUT2D eigenvalue weighted by Crippen LogP contribution is -2.37.